The fraction of sp³-hybridized carbons (Fsp3) is 0.632. The zero-order chi connectivity index (χ0) is 16.1. The van der Waals surface area contributed by atoms with Gasteiger partial charge in [0.25, 0.3) is 0 Å². The van der Waals surface area contributed by atoms with Crippen LogP contribution < -0.4 is 10.6 Å². The van der Waals surface area contributed by atoms with Crippen LogP contribution in [0.15, 0.2) is 35.3 Å². The Bertz CT molecular complexity index is 527. The number of aliphatic hydroxyl groups is 1. The Labute approximate surface area is 162 Å². The van der Waals surface area contributed by atoms with Gasteiger partial charge >= 0.3 is 0 Å². The quantitative estimate of drug-likeness (QED) is 0.345. The summed E-state index contributed by atoms with van der Waals surface area (Å²) in [6.45, 7) is 1.86. The monoisotopic (exact) mass is 443 g/mol. The molecule has 5 heteroatoms. The molecular formula is C19H30IN3O. The number of rotatable bonds is 7. The predicted molar refractivity (Wildman–Crippen MR) is 110 cm³/mol. The molecule has 3 N–H and O–H groups in total. The molecule has 2 aliphatic rings. The molecule has 2 fully saturated rings. The summed E-state index contributed by atoms with van der Waals surface area (Å²) in [6, 6.07) is 10.2. The van der Waals surface area contributed by atoms with Gasteiger partial charge in [-0.3, -0.25) is 4.99 Å². The van der Waals surface area contributed by atoms with Crippen molar-refractivity contribution in [2.45, 2.75) is 38.0 Å². The minimum absolute atomic E-state index is 0. The number of hydrogen-bond donors (Lipinski definition) is 3. The van der Waals surface area contributed by atoms with E-state index in [9.17, 15) is 5.11 Å². The summed E-state index contributed by atoms with van der Waals surface area (Å²) in [5, 5.41) is 16.6. The zero-order valence-electron chi connectivity index (χ0n) is 14.5. The second-order valence-corrected chi connectivity index (χ2v) is 7.09. The lowest BCUT2D eigenvalue weighted by atomic mass is 9.65. The van der Waals surface area contributed by atoms with Crippen LogP contribution in [0.25, 0.3) is 0 Å². The van der Waals surface area contributed by atoms with Crippen molar-refractivity contribution in [3.05, 3.63) is 35.9 Å². The van der Waals surface area contributed by atoms with E-state index in [0.29, 0.717) is 12.0 Å². The van der Waals surface area contributed by atoms with E-state index < -0.39 is 0 Å². The number of nitrogens with zero attached hydrogens (tertiary/aromatic N) is 1. The Morgan fingerprint density at radius 1 is 1.25 bits per heavy atom. The lowest BCUT2D eigenvalue weighted by molar-refractivity contribution is 0.106. The van der Waals surface area contributed by atoms with Gasteiger partial charge in [0.1, 0.15) is 0 Å². The Morgan fingerprint density at radius 3 is 2.46 bits per heavy atom. The highest BCUT2D eigenvalue weighted by Gasteiger charge is 2.48. The van der Waals surface area contributed by atoms with E-state index in [1.165, 1.54) is 32.1 Å². The number of halogens is 1. The Morgan fingerprint density at radius 2 is 1.96 bits per heavy atom. The zero-order valence-corrected chi connectivity index (χ0v) is 16.8. The van der Waals surface area contributed by atoms with Crippen LogP contribution in [-0.2, 0) is 0 Å². The van der Waals surface area contributed by atoms with Crippen molar-refractivity contribution in [1.29, 1.82) is 0 Å². The van der Waals surface area contributed by atoms with Crippen molar-refractivity contribution in [3.63, 3.8) is 0 Å². The third-order valence-electron chi connectivity index (χ3n) is 5.63. The van der Waals surface area contributed by atoms with Crippen molar-refractivity contribution in [1.82, 2.24) is 10.6 Å². The first-order chi connectivity index (χ1) is 11.3. The summed E-state index contributed by atoms with van der Waals surface area (Å²) in [7, 11) is 1.82. The molecule has 0 aromatic heterocycles. The van der Waals surface area contributed by atoms with E-state index in [2.05, 4.69) is 27.8 Å². The van der Waals surface area contributed by atoms with Crippen LogP contribution in [0, 0.1) is 11.3 Å². The molecule has 24 heavy (non-hydrogen) atoms. The molecule has 1 unspecified atom stereocenters. The van der Waals surface area contributed by atoms with Gasteiger partial charge in [0, 0.05) is 26.1 Å². The van der Waals surface area contributed by atoms with E-state index >= 15 is 0 Å². The van der Waals surface area contributed by atoms with Crippen LogP contribution in [0.2, 0.25) is 0 Å². The van der Waals surface area contributed by atoms with Gasteiger partial charge in [-0.2, -0.15) is 0 Å². The topological polar surface area (TPSA) is 56.7 Å². The van der Waals surface area contributed by atoms with E-state index in [4.69, 9.17) is 0 Å². The van der Waals surface area contributed by atoms with Crippen molar-refractivity contribution < 1.29 is 5.11 Å². The first-order valence-corrected chi connectivity index (χ1v) is 8.88. The molecule has 3 rings (SSSR count). The van der Waals surface area contributed by atoms with E-state index in [-0.39, 0.29) is 36.5 Å². The minimum Gasteiger partial charge on any atom is -0.396 e. The second-order valence-electron chi connectivity index (χ2n) is 7.09. The minimum atomic E-state index is 0. The summed E-state index contributed by atoms with van der Waals surface area (Å²) in [6.07, 6.45) is 6.93. The standard InChI is InChI=1S/C19H29N3O.HI/c1-20-18(22-14-19(10-5-11-19)17-8-9-17)21-12-16(13-23)15-6-3-2-4-7-15;/h2-4,6-7,16-17,23H,5,8-14H2,1H3,(H2,20,21,22);1H. The highest BCUT2D eigenvalue weighted by molar-refractivity contribution is 14.0. The highest BCUT2D eigenvalue weighted by atomic mass is 127. The van der Waals surface area contributed by atoms with Crippen LogP contribution in [0.5, 0.6) is 0 Å². The normalized spacial score (nSPS) is 20.5. The summed E-state index contributed by atoms with van der Waals surface area (Å²) in [4.78, 5) is 4.34. The number of aliphatic imine (C=N–C) groups is 1. The third-order valence-corrected chi connectivity index (χ3v) is 5.63. The smallest absolute Gasteiger partial charge is 0.191 e. The molecule has 4 nitrogen and oxygen atoms in total. The van der Waals surface area contributed by atoms with Gasteiger partial charge in [-0.15, -0.1) is 24.0 Å². The van der Waals surface area contributed by atoms with Crippen molar-refractivity contribution in [3.8, 4) is 0 Å². The molecule has 1 aromatic carbocycles. The Hall–Kier alpha value is -0.820. The lowest BCUT2D eigenvalue weighted by Gasteiger charge is -2.43. The maximum Gasteiger partial charge on any atom is 0.191 e. The lowest BCUT2D eigenvalue weighted by Crippen LogP contribution is -2.48. The van der Waals surface area contributed by atoms with Crippen LogP contribution in [-0.4, -0.2) is 37.8 Å². The molecule has 1 aromatic rings. The summed E-state index contributed by atoms with van der Waals surface area (Å²) >= 11 is 0. The first kappa shape index (κ1) is 19.5. The number of aliphatic hydroxyl groups excluding tert-OH is 1. The maximum atomic E-state index is 9.65. The summed E-state index contributed by atoms with van der Waals surface area (Å²) in [5.41, 5.74) is 1.69. The molecular weight excluding hydrogens is 413 g/mol. The first-order valence-electron chi connectivity index (χ1n) is 8.88. The molecule has 0 heterocycles. The van der Waals surface area contributed by atoms with Crippen LogP contribution >= 0.6 is 24.0 Å². The average molecular weight is 443 g/mol. The van der Waals surface area contributed by atoms with Gasteiger partial charge in [-0.25, -0.2) is 0 Å². The molecule has 0 radical (unpaired) electrons. The van der Waals surface area contributed by atoms with Gasteiger partial charge in [0.15, 0.2) is 5.96 Å². The molecule has 0 amide bonds. The van der Waals surface area contributed by atoms with Crippen LogP contribution in [0.3, 0.4) is 0 Å². The fourth-order valence-corrected chi connectivity index (χ4v) is 3.77. The number of hydrogen-bond acceptors (Lipinski definition) is 2. The van der Waals surface area contributed by atoms with Crippen molar-refractivity contribution in [2.75, 3.05) is 26.7 Å². The third kappa shape index (κ3) is 4.63. The molecule has 1 atom stereocenters. The highest BCUT2D eigenvalue weighted by Crippen LogP contribution is 2.56. The number of benzene rings is 1. The van der Waals surface area contributed by atoms with E-state index in [1.54, 1.807) is 0 Å². The SMILES string of the molecule is CN=C(NCC(CO)c1ccccc1)NCC1(C2CC2)CCC1.I. The summed E-state index contributed by atoms with van der Waals surface area (Å²) < 4.78 is 0. The van der Waals surface area contributed by atoms with Gasteiger partial charge in [0.05, 0.1) is 6.61 Å². The molecule has 0 spiro atoms. The second kappa shape index (κ2) is 9.04. The van der Waals surface area contributed by atoms with E-state index in [0.717, 1.165) is 24.0 Å². The van der Waals surface area contributed by atoms with Crippen LogP contribution in [0.4, 0.5) is 0 Å². The maximum absolute atomic E-state index is 9.65. The molecule has 0 bridgehead atoms. The molecule has 0 aliphatic heterocycles. The number of guanidine groups is 1. The van der Waals surface area contributed by atoms with E-state index in [1.807, 2.05) is 25.2 Å². The van der Waals surface area contributed by atoms with Crippen molar-refractivity contribution >= 4 is 29.9 Å². The summed E-state index contributed by atoms with van der Waals surface area (Å²) in [5.74, 6) is 1.89. The largest absolute Gasteiger partial charge is 0.396 e. The molecule has 2 saturated carbocycles. The predicted octanol–water partition coefficient (Wildman–Crippen LogP) is 3.13. The van der Waals surface area contributed by atoms with Gasteiger partial charge in [-0.05, 0) is 42.6 Å². The molecule has 2 aliphatic carbocycles. The van der Waals surface area contributed by atoms with Crippen molar-refractivity contribution in [2.24, 2.45) is 16.3 Å². The number of nitrogens with one attached hydrogen (secondary N) is 2. The van der Waals surface area contributed by atoms with Gasteiger partial charge in [-0.1, -0.05) is 36.8 Å². The van der Waals surface area contributed by atoms with Gasteiger partial charge < -0.3 is 15.7 Å². The van der Waals surface area contributed by atoms with Crippen LogP contribution in [0.1, 0.15) is 43.6 Å². The fourth-order valence-electron chi connectivity index (χ4n) is 3.77. The Balaban J connectivity index is 0.00000208. The molecule has 134 valence electrons. The Kier molecular flexibility index (Phi) is 7.34. The van der Waals surface area contributed by atoms with Gasteiger partial charge in [0.2, 0.25) is 0 Å². The average Bonchev–Trinajstić information content (AvgIpc) is 3.38. The molecule has 0 saturated heterocycles.